The molecule has 2 heterocycles. The molecular formula is C23H24N4O3S. The number of carbonyl (C=O) groups is 2. The molecule has 1 aliphatic carbocycles. The number of thioether (sulfide) groups is 1. The van der Waals surface area contributed by atoms with Crippen molar-refractivity contribution in [3.63, 3.8) is 0 Å². The summed E-state index contributed by atoms with van der Waals surface area (Å²) in [6, 6.07) is 12.5. The molecule has 0 aliphatic heterocycles. The van der Waals surface area contributed by atoms with Gasteiger partial charge >= 0.3 is 5.97 Å². The topological polar surface area (TPSA) is 86.1 Å². The second-order valence-corrected chi connectivity index (χ2v) is 8.54. The molecule has 160 valence electrons. The van der Waals surface area contributed by atoms with Gasteiger partial charge in [-0.25, -0.2) is 14.5 Å². The van der Waals surface area contributed by atoms with Crippen LogP contribution in [0, 0.1) is 0 Å². The fraction of sp³-hybridized carbons (Fsp3) is 0.304. The van der Waals surface area contributed by atoms with Gasteiger partial charge in [-0.15, -0.1) is 11.8 Å². The number of nitrogens with zero attached hydrogens (tertiary/aromatic N) is 3. The maximum atomic E-state index is 12.9. The van der Waals surface area contributed by atoms with E-state index in [4.69, 9.17) is 4.74 Å². The van der Waals surface area contributed by atoms with Crippen LogP contribution in [0.5, 0.6) is 0 Å². The van der Waals surface area contributed by atoms with E-state index in [1.807, 2.05) is 18.2 Å². The first-order valence-corrected chi connectivity index (χ1v) is 11.3. The molecule has 2 aromatic heterocycles. The van der Waals surface area contributed by atoms with Gasteiger partial charge in [0.05, 0.1) is 17.9 Å². The Balaban J connectivity index is 1.44. The Bertz CT molecular complexity index is 1060. The maximum Gasteiger partial charge on any atom is 0.358 e. The van der Waals surface area contributed by atoms with E-state index in [2.05, 4.69) is 15.4 Å². The van der Waals surface area contributed by atoms with Gasteiger partial charge in [0, 0.05) is 23.3 Å². The number of carbonyl (C=O) groups excluding carboxylic acids is 2. The number of hydrogen-bond acceptors (Lipinski definition) is 6. The number of esters is 1. The Hall–Kier alpha value is -3.13. The van der Waals surface area contributed by atoms with Crippen LogP contribution in [0.25, 0.3) is 5.69 Å². The largest absolute Gasteiger partial charge is 0.461 e. The van der Waals surface area contributed by atoms with Crippen molar-refractivity contribution in [2.75, 3.05) is 11.9 Å². The molecule has 31 heavy (non-hydrogen) atoms. The third-order valence-corrected chi connectivity index (χ3v) is 6.41. The summed E-state index contributed by atoms with van der Waals surface area (Å²) in [6.07, 6.45) is 8.27. The van der Waals surface area contributed by atoms with Crippen molar-refractivity contribution in [1.82, 2.24) is 14.8 Å². The van der Waals surface area contributed by atoms with Crippen LogP contribution in [0.3, 0.4) is 0 Å². The summed E-state index contributed by atoms with van der Waals surface area (Å²) in [5.41, 5.74) is 2.29. The van der Waals surface area contributed by atoms with E-state index in [0.717, 1.165) is 10.7 Å². The van der Waals surface area contributed by atoms with Gasteiger partial charge in [0.15, 0.2) is 5.69 Å². The molecule has 3 aromatic rings. The van der Waals surface area contributed by atoms with E-state index < -0.39 is 5.97 Å². The molecule has 8 heteroatoms. The smallest absolute Gasteiger partial charge is 0.358 e. The fourth-order valence-corrected chi connectivity index (χ4v) is 4.79. The zero-order valence-corrected chi connectivity index (χ0v) is 18.1. The van der Waals surface area contributed by atoms with Gasteiger partial charge in [-0.1, -0.05) is 12.8 Å². The van der Waals surface area contributed by atoms with Crippen LogP contribution >= 0.6 is 11.8 Å². The molecule has 0 radical (unpaired) electrons. The average molecular weight is 437 g/mol. The molecule has 1 fully saturated rings. The molecule has 1 N–H and O–H groups in total. The SMILES string of the molecule is CCOC(=O)c1ccn(-c2ccc(NC(=O)c3cccnc3SC3CCCC3)cc2)n1. The number of amides is 1. The van der Waals surface area contributed by atoms with Crippen LogP contribution < -0.4 is 5.32 Å². The number of ether oxygens (including phenoxy) is 1. The van der Waals surface area contributed by atoms with Crippen LogP contribution in [-0.4, -0.2) is 38.5 Å². The lowest BCUT2D eigenvalue weighted by atomic mass is 10.2. The predicted octanol–water partition coefficient (Wildman–Crippen LogP) is 4.73. The summed E-state index contributed by atoms with van der Waals surface area (Å²) < 4.78 is 6.56. The first-order valence-electron chi connectivity index (χ1n) is 10.4. The number of aromatic nitrogens is 3. The maximum absolute atomic E-state index is 12.9. The molecule has 0 saturated heterocycles. The van der Waals surface area contributed by atoms with E-state index in [0.29, 0.717) is 23.1 Å². The Morgan fingerprint density at radius 2 is 1.94 bits per heavy atom. The molecule has 0 unspecified atom stereocenters. The zero-order chi connectivity index (χ0) is 21.6. The minimum Gasteiger partial charge on any atom is -0.461 e. The Kier molecular flexibility index (Phi) is 6.66. The summed E-state index contributed by atoms with van der Waals surface area (Å²) >= 11 is 1.70. The number of pyridine rings is 1. The highest BCUT2D eigenvalue weighted by atomic mass is 32.2. The first kappa shape index (κ1) is 21.1. The number of rotatable bonds is 7. The Labute approximate surface area is 185 Å². The van der Waals surface area contributed by atoms with Crippen molar-refractivity contribution in [3.05, 3.63) is 66.1 Å². The Morgan fingerprint density at radius 3 is 2.68 bits per heavy atom. The van der Waals surface area contributed by atoms with E-state index in [1.165, 1.54) is 25.7 Å². The van der Waals surface area contributed by atoms with Crippen LogP contribution in [0.4, 0.5) is 5.69 Å². The van der Waals surface area contributed by atoms with Crippen molar-refractivity contribution < 1.29 is 14.3 Å². The van der Waals surface area contributed by atoms with Gasteiger partial charge in [-0.2, -0.15) is 5.10 Å². The van der Waals surface area contributed by atoms with Gasteiger partial charge in [0.1, 0.15) is 5.03 Å². The van der Waals surface area contributed by atoms with Crippen molar-refractivity contribution >= 4 is 29.3 Å². The molecule has 4 rings (SSSR count). The lowest BCUT2D eigenvalue weighted by Crippen LogP contribution is -2.14. The van der Waals surface area contributed by atoms with Gasteiger partial charge < -0.3 is 10.1 Å². The van der Waals surface area contributed by atoms with Gasteiger partial charge in [0.2, 0.25) is 0 Å². The van der Waals surface area contributed by atoms with Crippen LogP contribution in [0.15, 0.2) is 59.9 Å². The predicted molar refractivity (Wildman–Crippen MR) is 120 cm³/mol. The van der Waals surface area contributed by atoms with Gasteiger partial charge in [-0.05, 0) is 62.2 Å². The van der Waals surface area contributed by atoms with E-state index in [1.54, 1.807) is 60.0 Å². The van der Waals surface area contributed by atoms with E-state index in [9.17, 15) is 9.59 Å². The highest BCUT2D eigenvalue weighted by Gasteiger charge is 2.21. The highest BCUT2D eigenvalue weighted by Crippen LogP contribution is 2.35. The van der Waals surface area contributed by atoms with Gasteiger partial charge in [-0.3, -0.25) is 4.79 Å². The molecule has 0 spiro atoms. The molecule has 1 saturated carbocycles. The normalized spacial score (nSPS) is 13.8. The summed E-state index contributed by atoms with van der Waals surface area (Å²) in [7, 11) is 0. The number of anilines is 1. The monoisotopic (exact) mass is 436 g/mol. The van der Waals surface area contributed by atoms with Crippen molar-refractivity contribution in [2.45, 2.75) is 42.9 Å². The molecular weight excluding hydrogens is 412 g/mol. The third kappa shape index (κ3) is 5.14. The lowest BCUT2D eigenvalue weighted by Gasteiger charge is -2.12. The molecule has 1 aromatic carbocycles. The standard InChI is InChI=1S/C23H24N4O3S/c1-2-30-23(29)20-13-15-27(26-20)17-11-9-16(10-12-17)25-21(28)19-8-5-14-24-22(19)31-18-6-3-4-7-18/h5,8-15,18H,2-4,6-7H2,1H3,(H,25,28). The van der Waals surface area contributed by atoms with Crippen LogP contribution in [0.2, 0.25) is 0 Å². The highest BCUT2D eigenvalue weighted by molar-refractivity contribution is 7.99. The number of hydrogen-bond donors (Lipinski definition) is 1. The minimum absolute atomic E-state index is 0.176. The summed E-state index contributed by atoms with van der Waals surface area (Å²) in [6.45, 7) is 2.06. The molecule has 1 aliphatic rings. The first-order chi connectivity index (χ1) is 15.1. The lowest BCUT2D eigenvalue weighted by molar-refractivity contribution is 0.0519. The average Bonchev–Trinajstić information content (AvgIpc) is 3.47. The number of nitrogens with one attached hydrogen (secondary N) is 1. The zero-order valence-electron chi connectivity index (χ0n) is 17.3. The van der Waals surface area contributed by atoms with Crippen LogP contribution in [0.1, 0.15) is 53.5 Å². The third-order valence-electron chi connectivity index (χ3n) is 5.06. The molecule has 7 nitrogen and oxygen atoms in total. The Morgan fingerprint density at radius 1 is 1.16 bits per heavy atom. The van der Waals surface area contributed by atoms with Crippen LogP contribution in [-0.2, 0) is 4.74 Å². The van der Waals surface area contributed by atoms with E-state index in [-0.39, 0.29) is 11.6 Å². The molecule has 0 atom stereocenters. The van der Waals surface area contributed by atoms with Crippen molar-refractivity contribution in [2.24, 2.45) is 0 Å². The van der Waals surface area contributed by atoms with Crippen molar-refractivity contribution in [3.8, 4) is 5.69 Å². The quantitative estimate of drug-likeness (QED) is 0.539. The fourth-order valence-electron chi connectivity index (χ4n) is 3.50. The second kappa shape index (κ2) is 9.78. The number of benzene rings is 1. The molecule has 0 bridgehead atoms. The van der Waals surface area contributed by atoms with Gasteiger partial charge in [0.25, 0.3) is 5.91 Å². The van der Waals surface area contributed by atoms with Crippen molar-refractivity contribution in [1.29, 1.82) is 0 Å². The summed E-state index contributed by atoms with van der Waals surface area (Å²) in [4.78, 5) is 29.1. The summed E-state index contributed by atoms with van der Waals surface area (Å²) in [5, 5.41) is 8.51. The minimum atomic E-state index is -0.451. The molecule has 1 amide bonds. The van der Waals surface area contributed by atoms with E-state index >= 15 is 0 Å². The summed E-state index contributed by atoms with van der Waals surface area (Å²) in [5.74, 6) is -0.627. The second-order valence-electron chi connectivity index (χ2n) is 7.25.